The smallest absolute Gasteiger partial charge is 0.248 e. The SMILES string of the molecule is Cc1[nH]ccc1Nc1n[nH]c(N)n1. The van der Waals surface area contributed by atoms with E-state index in [0.717, 1.165) is 11.4 Å². The van der Waals surface area contributed by atoms with Crippen molar-refractivity contribution in [2.24, 2.45) is 0 Å². The lowest BCUT2D eigenvalue weighted by atomic mass is 10.4. The van der Waals surface area contributed by atoms with E-state index in [0.29, 0.717) is 11.9 Å². The van der Waals surface area contributed by atoms with Gasteiger partial charge in [-0.05, 0) is 13.0 Å². The van der Waals surface area contributed by atoms with E-state index in [2.05, 4.69) is 25.5 Å². The van der Waals surface area contributed by atoms with Crippen molar-refractivity contribution in [2.75, 3.05) is 11.1 Å². The number of aromatic amines is 2. The van der Waals surface area contributed by atoms with Crippen LogP contribution >= 0.6 is 0 Å². The first-order chi connectivity index (χ1) is 6.25. The Kier molecular flexibility index (Phi) is 1.66. The van der Waals surface area contributed by atoms with E-state index >= 15 is 0 Å². The molecule has 2 aromatic heterocycles. The van der Waals surface area contributed by atoms with Crippen LogP contribution in [0.3, 0.4) is 0 Å². The van der Waals surface area contributed by atoms with Gasteiger partial charge in [-0.3, -0.25) is 0 Å². The number of nitrogens with one attached hydrogen (secondary N) is 3. The number of hydrogen-bond acceptors (Lipinski definition) is 4. The molecule has 0 aliphatic heterocycles. The summed E-state index contributed by atoms with van der Waals surface area (Å²) in [7, 11) is 0. The summed E-state index contributed by atoms with van der Waals surface area (Å²) in [6.45, 7) is 1.96. The minimum Gasteiger partial charge on any atom is -0.368 e. The molecule has 2 aromatic rings. The van der Waals surface area contributed by atoms with Crippen LogP contribution in [0.15, 0.2) is 12.3 Å². The van der Waals surface area contributed by atoms with Crippen LogP contribution in [0.1, 0.15) is 5.69 Å². The molecule has 0 aliphatic rings. The molecule has 0 atom stereocenters. The van der Waals surface area contributed by atoms with Crippen molar-refractivity contribution in [2.45, 2.75) is 6.92 Å². The fourth-order valence-electron chi connectivity index (χ4n) is 1.04. The fourth-order valence-corrected chi connectivity index (χ4v) is 1.04. The second kappa shape index (κ2) is 2.81. The van der Waals surface area contributed by atoms with Crippen molar-refractivity contribution in [3.63, 3.8) is 0 Å². The standard InChI is InChI=1S/C7H10N6/c1-4-5(2-3-9-4)10-7-11-6(8)12-13-7/h2-3,9H,1H3,(H4,8,10,11,12,13). The van der Waals surface area contributed by atoms with E-state index in [1.54, 1.807) is 0 Å². The van der Waals surface area contributed by atoms with E-state index < -0.39 is 0 Å². The lowest BCUT2D eigenvalue weighted by molar-refractivity contribution is 1.10. The van der Waals surface area contributed by atoms with Crippen molar-refractivity contribution >= 4 is 17.6 Å². The number of aromatic nitrogens is 4. The average molecular weight is 178 g/mol. The molecule has 0 aliphatic carbocycles. The number of nitrogens with two attached hydrogens (primary N) is 1. The van der Waals surface area contributed by atoms with Crippen LogP contribution in [0.25, 0.3) is 0 Å². The topological polar surface area (TPSA) is 95.4 Å². The summed E-state index contributed by atoms with van der Waals surface area (Å²) in [6.07, 6.45) is 1.84. The molecule has 0 aromatic carbocycles. The van der Waals surface area contributed by atoms with Gasteiger partial charge in [0.15, 0.2) is 0 Å². The minimum absolute atomic E-state index is 0.302. The summed E-state index contributed by atoms with van der Waals surface area (Å²) in [4.78, 5) is 6.95. The first-order valence-corrected chi connectivity index (χ1v) is 3.84. The molecule has 6 nitrogen and oxygen atoms in total. The molecule has 0 bridgehead atoms. The second-order valence-corrected chi connectivity index (χ2v) is 2.69. The first-order valence-electron chi connectivity index (χ1n) is 3.84. The van der Waals surface area contributed by atoms with Crippen molar-refractivity contribution in [1.82, 2.24) is 20.2 Å². The maximum Gasteiger partial charge on any atom is 0.248 e. The van der Waals surface area contributed by atoms with Gasteiger partial charge in [-0.1, -0.05) is 0 Å². The highest BCUT2D eigenvalue weighted by Crippen LogP contribution is 2.15. The molecule has 0 spiro atoms. The van der Waals surface area contributed by atoms with Crippen LogP contribution in [0, 0.1) is 6.92 Å². The molecule has 0 unspecified atom stereocenters. The zero-order valence-electron chi connectivity index (χ0n) is 7.13. The number of aryl methyl sites for hydroxylation is 1. The van der Waals surface area contributed by atoms with Gasteiger partial charge in [0.05, 0.1) is 5.69 Å². The lowest BCUT2D eigenvalue weighted by Gasteiger charge is -1.98. The summed E-state index contributed by atoms with van der Waals surface area (Å²) in [6, 6.07) is 1.90. The van der Waals surface area contributed by atoms with E-state index in [-0.39, 0.29) is 0 Å². The van der Waals surface area contributed by atoms with Gasteiger partial charge in [-0.25, -0.2) is 5.10 Å². The predicted octanol–water partition coefficient (Wildman–Crippen LogP) is 0.767. The first kappa shape index (κ1) is 7.66. The number of H-pyrrole nitrogens is 2. The highest BCUT2D eigenvalue weighted by atomic mass is 15.3. The van der Waals surface area contributed by atoms with Gasteiger partial charge in [-0.2, -0.15) is 4.98 Å². The molecule has 0 saturated heterocycles. The van der Waals surface area contributed by atoms with Gasteiger partial charge in [0.2, 0.25) is 11.9 Å². The predicted molar refractivity (Wildman–Crippen MR) is 49.6 cm³/mol. The summed E-state index contributed by atoms with van der Waals surface area (Å²) in [5.74, 6) is 0.774. The minimum atomic E-state index is 0.302. The van der Waals surface area contributed by atoms with Crippen molar-refractivity contribution in [3.05, 3.63) is 18.0 Å². The van der Waals surface area contributed by atoms with Gasteiger partial charge < -0.3 is 16.0 Å². The van der Waals surface area contributed by atoms with Crippen LogP contribution < -0.4 is 11.1 Å². The Morgan fingerprint density at radius 2 is 2.38 bits per heavy atom. The molecule has 0 fully saturated rings. The maximum absolute atomic E-state index is 5.37. The van der Waals surface area contributed by atoms with Gasteiger partial charge in [0.1, 0.15) is 0 Å². The van der Waals surface area contributed by atoms with Crippen molar-refractivity contribution < 1.29 is 0 Å². The summed E-state index contributed by atoms with van der Waals surface area (Å²) < 4.78 is 0. The highest BCUT2D eigenvalue weighted by molar-refractivity contribution is 5.56. The average Bonchev–Trinajstić information content (AvgIpc) is 2.64. The van der Waals surface area contributed by atoms with Crippen LogP contribution in [0.5, 0.6) is 0 Å². The number of hydrogen-bond donors (Lipinski definition) is 4. The number of nitrogen functional groups attached to an aromatic ring is 1. The second-order valence-electron chi connectivity index (χ2n) is 2.69. The third-order valence-corrected chi connectivity index (χ3v) is 1.70. The molecule has 2 rings (SSSR count). The molecule has 2 heterocycles. The van der Waals surface area contributed by atoms with Gasteiger partial charge >= 0.3 is 0 Å². The number of anilines is 3. The Hall–Kier alpha value is -1.98. The maximum atomic E-state index is 5.37. The van der Waals surface area contributed by atoms with Gasteiger partial charge in [0.25, 0.3) is 0 Å². The molecule has 13 heavy (non-hydrogen) atoms. The molecule has 0 saturated carbocycles. The zero-order valence-corrected chi connectivity index (χ0v) is 7.13. The van der Waals surface area contributed by atoms with Crippen LogP contribution in [0.2, 0.25) is 0 Å². The van der Waals surface area contributed by atoms with E-state index in [4.69, 9.17) is 5.73 Å². The molecule has 0 amide bonds. The van der Waals surface area contributed by atoms with E-state index in [1.807, 2.05) is 19.2 Å². The van der Waals surface area contributed by atoms with Crippen LogP contribution in [-0.4, -0.2) is 20.2 Å². The molecular weight excluding hydrogens is 168 g/mol. The number of nitrogens with zero attached hydrogens (tertiary/aromatic N) is 2. The summed E-state index contributed by atoms with van der Waals surface area (Å²) in [5.41, 5.74) is 7.34. The van der Waals surface area contributed by atoms with Crippen molar-refractivity contribution in [3.8, 4) is 0 Å². The molecule has 5 N–H and O–H groups in total. The Morgan fingerprint density at radius 3 is 2.92 bits per heavy atom. The van der Waals surface area contributed by atoms with E-state index in [1.165, 1.54) is 0 Å². The van der Waals surface area contributed by atoms with Crippen molar-refractivity contribution in [1.29, 1.82) is 0 Å². The third-order valence-electron chi connectivity index (χ3n) is 1.70. The summed E-state index contributed by atoms with van der Waals surface area (Å²) >= 11 is 0. The normalized spacial score (nSPS) is 10.2. The summed E-state index contributed by atoms with van der Waals surface area (Å²) in [5, 5.41) is 9.40. The van der Waals surface area contributed by atoms with Gasteiger partial charge in [-0.15, -0.1) is 5.10 Å². The third kappa shape index (κ3) is 1.46. The quantitative estimate of drug-likeness (QED) is 0.546. The largest absolute Gasteiger partial charge is 0.368 e. The Morgan fingerprint density at radius 1 is 1.54 bits per heavy atom. The molecular formula is C7H10N6. The van der Waals surface area contributed by atoms with Crippen LogP contribution in [0.4, 0.5) is 17.6 Å². The van der Waals surface area contributed by atoms with Gasteiger partial charge in [0, 0.05) is 11.9 Å². The fraction of sp³-hybridized carbons (Fsp3) is 0.143. The van der Waals surface area contributed by atoms with Crippen LogP contribution in [-0.2, 0) is 0 Å². The highest BCUT2D eigenvalue weighted by Gasteiger charge is 2.02. The lowest BCUT2D eigenvalue weighted by Crippen LogP contribution is -1.93. The Labute approximate surface area is 74.6 Å². The monoisotopic (exact) mass is 178 g/mol. The molecule has 6 heteroatoms. The number of rotatable bonds is 2. The zero-order chi connectivity index (χ0) is 9.26. The Bertz CT molecular complexity index is 401. The molecule has 68 valence electrons. The Balaban J connectivity index is 2.19. The molecule has 0 radical (unpaired) electrons. The van der Waals surface area contributed by atoms with E-state index in [9.17, 15) is 0 Å².